The summed E-state index contributed by atoms with van der Waals surface area (Å²) in [5.41, 5.74) is 5.63. The average molecular weight is 484 g/mol. The Morgan fingerprint density at radius 1 is 1.19 bits per heavy atom. The summed E-state index contributed by atoms with van der Waals surface area (Å²) in [7, 11) is -4.16. The van der Waals surface area contributed by atoms with Crippen LogP contribution in [0.25, 0.3) is 0 Å². The van der Waals surface area contributed by atoms with Crippen molar-refractivity contribution in [3.05, 3.63) is 45.6 Å². The van der Waals surface area contributed by atoms with E-state index in [0.29, 0.717) is 0 Å². The zero-order valence-electron chi connectivity index (χ0n) is 17.7. The summed E-state index contributed by atoms with van der Waals surface area (Å²) >= 11 is 0.832. The number of halogens is 1. The molecule has 0 amide bonds. The van der Waals surface area contributed by atoms with E-state index < -0.39 is 39.3 Å². The highest BCUT2D eigenvalue weighted by Crippen LogP contribution is 2.32. The Labute approximate surface area is 189 Å². The van der Waals surface area contributed by atoms with Gasteiger partial charge in [-0.2, -0.15) is 9.57 Å². The lowest BCUT2D eigenvalue weighted by Crippen LogP contribution is -2.31. The number of esters is 2. The van der Waals surface area contributed by atoms with Gasteiger partial charge in [0.25, 0.3) is 0 Å². The fourth-order valence-corrected chi connectivity index (χ4v) is 5.32. The van der Waals surface area contributed by atoms with Crippen molar-refractivity contribution in [2.24, 2.45) is 0 Å². The van der Waals surface area contributed by atoms with E-state index in [4.69, 9.17) is 15.2 Å². The van der Waals surface area contributed by atoms with Gasteiger partial charge in [-0.25, -0.2) is 22.4 Å². The second-order valence-corrected chi connectivity index (χ2v) is 9.25. The van der Waals surface area contributed by atoms with Gasteiger partial charge in [-0.15, -0.1) is 11.3 Å². The van der Waals surface area contributed by atoms with Crippen molar-refractivity contribution in [1.29, 1.82) is 5.26 Å². The number of hydrogen-bond acceptors (Lipinski definition) is 9. The number of ether oxygens (including phenoxy) is 2. The molecule has 0 bridgehead atoms. The minimum atomic E-state index is -4.16. The van der Waals surface area contributed by atoms with E-state index in [0.717, 1.165) is 33.8 Å². The number of hydrogen-bond donors (Lipinski definition) is 1. The number of benzene rings is 1. The minimum Gasteiger partial charge on any atom is -0.462 e. The first-order chi connectivity index (χ1) is 15.1. The van der Waals surface area contributed by atoms with Gasteiger partial charge in [0, 0.05) is 18.7 Å². The van der Waals surface area contributed by atoms with Crippen LogP contribution in [-0.2, 0) is 26.1 Å². The number of thiophene rings is 1. The summed E-state index contributed by atoms with van der Waals surface area (Å²) in [6.07, 6.45) is 0. The zero-order chi connectivity index (χ0) is 24.1. The fourth-order valence-electron chi connectivity index (χ4n) is 2.86. The summed E-state index contributed by atoms with van der Waals surface area (Å²) in [5.74, 6) is -2.69. The maximum atomic E-state index is 14.3. The third-order valence-electron chi connectivity index (χ3n) is 4.44. The van der Waals surface area contributed by atoms with Gasteiger partial charge in [0.05, 0.1) is 17.7 Å². The Bertz CT molecular complexity index is 1170. The average Bonchev–Trinajstić information content (AvgIpc) is 3.08. The third kappa shape index (κ3) is 5.07. The maximum absolute atomic E-state index is 14.3. The van der Waals surface area contributed by atoms with Crippen LogP contribution >= 0.6 is 11.3 Å². The highest BCUT2D eigenvalue weighted by atomic mass is 32.2. The first kappa shape index (κ1) is 25.3. The van der Waals surface area contributed by atoms with Crippen molar-refractivity contribution < 1.29 is 31.9 Å². The van der Waals surface area contributed by atoms with Crippen LogP contribution in [0.1, 0.15) is 51.9 Å². The molecule has 172 valence electrons. The van der Waals surface area contributed by atoms with Gasteiger partial charge in [0.15, 0.2) is 0 Å². The predicted octanol–water partition coefficient (Wildman–Crippen LogP) is 2.91. The molecule has 0 aliphatic rings. The van der Waals surface area contributed by atoms with Crippen molar-refractivity contribution in [2.75, 3.05) is 25.4 Å². The molecule has 9 nitrogen and oxygen atoms in total. The van der Waals surface area contributed by atoms with Gasteiger partial charge in [-0.05, 0) is 25.1 Å². The Balaban J connectivity index is 2.35. The maximum Gasteiger partial charge on any atom is 0.348 e. The van der Waals surface area contributed by atoms with Gasteiger partial charge in [-0.3, -0.25) is 0 Å². The van der Waals surface area contributed by atoms with Crippen LogP contribution in [-0.4, -0.2) is 44.4 Å². The molecule has 0 atom stereocenters. The molecule has 0 aliphatic heterocycles. The highest BCUT2D eigenvalue weighted by molar-refractivity contribution is 7.89. The second kappa shape index (κ2) is 10.5. The molecule has 2 aromatic rings. The van der Waals surface area contributed by atoms with Crippen molar-refractivity contribution in [3.63, 3.8) is 0 Å². The van der Waals surface area contributed by atoms with Crippen LogP contribution < -0.4 is 5.73 Å². The number of rotatable bonds is 9. The molecular weight excluding hydrogens is 461 g/mol. The molecule has 1 aromatic carbocycles. The first-order valence-corrected chi connectivity index (χ1v) is 11.8. The van der Waals surface area contributed by atoms with Crippen molar-refractivity contribution >= 4 is 38.3 Å². The van der Waals surface area contributed by atoms with Gasteiger partial charge in [-0.1, -0.05) is 13.8 Å². The monoisotopic (exact) mass is 483 g/mol. The lowest BCUT2D eigenvalue weighted by molar-refractivity contribution is 0.0452. The van der Waals surface area contributed by atoms with E-state index in [9.17, 15) is 27.7 Å². The Morgan fingerprint density at radius 2 is 1.84 bits per heavy atom. The highest BCUT2D eigenvalue weighted by Gasteiger charge is 2.28. The van der Waals surface area contributed by atoms with Crippen molar-refractivity contribution in [2.45, 2.75) is 32.3 Å². The molecule has 12 heteroatoms. The van der Waals surface area contributed by atoms with Gasteiger partial charge < -0.3 is 15.2 Å². The molecule has 32 heavy (non-hydrogen) atoms. The zero-order valence-corrected chi connectivity index (χ0v) is 19.3. The topological polar surface area (TPSA) is 140 Å². The molecule has 0 radical (unpaired) electrons. The van der Waals surface area contributed by atoms with Crippen LogP contribution in [0.15, 0.2) is 23.1 Å². The van der Waals surface area contributed by atoms with Gasteiger partial charge in [0.2, 0.25) is 10.0 Å². The summed E-state index contributed by atoms with van der Waals surface area (Å²) in [4.78, 5) is 24.1. The molecule has 0 saturated heterocycles. The van der Waals surface area contributed by atoms with E-state index in [1.54, 1.807) is 20.8 Å². The second-order valence-electron chi connectivity index (χ2n) is 6.29. The van der Waals surface area contributed by atoms with E-state index in [2.05, 4.69) is 0 Å². The third-order valence-corrected chi connectivity index (χ3v) is 7.55. The number of nitrogens with two attached hydrogens (primary N) is 1. The van der Waals surface area contributed by atoms with Gasteiger partial charge >= 0.3 is 11.9 Å². The lowest BCUT2D eigenvalue weighted by Gasteiger charge is -2.19. The predicted molar refractivity (Wildman–Crippen MR) is 115 cm³/mol. The van der Waals surface area contributed by atoms with E-state index in [-0.39, 0.29) is 46.3 Å². The van der Waals surface area contributed by atoms with E-state index in [1.165, 1.54) is 0 Å². The Kier molecular flexibility index (Phi) is 8.31. The van der Waals surface area contributed by atoms with E-state index in [1.807, 2.05) is 6.07 Å². The Morgan fingerprint density at radius 3 is 2.41 bits per heavy atom. The molecule has 0 aliphatic carbocycles. The molecule has 2 N–H and O–H groups in total. The van der Waals surface area contributed by atoms with Crippen LogP contribution in [0.2, 0.25) is 0 Å². The molecule has 0 spiro atoms. The van der Waals surface area contributed by atoms with Crippen molar-refractivity contribution in [3.8, 4) is 6.07 Å². The van der Waals surface area contributed by atoms with Crippen LogP contribution in [0, 0.1) is 17.1 Å². The first-order valence-electron chi connectivity index (χ1n) is 9.57. The number of nitriles is 1. The summed E-state index contributed by atoms with van der Waals surface area (Å²) in [5, 5.41) is 9.40. The fraction of sp³-hybridized carbons (Fsp3) is 0.350. The standard InChI is InChI=1S/C20H22FN3O6S2/c1-4-24(5-2)32(27,28)16-9-12(7-8-15(16)21)19(25)30-11-14-13(10-22)18(23)31-17(14)20(26)29-6-3/h7-9H,4-6,11,23H2,1-3H3. The van der Waals surface area contributed by atoms with Crippen molar-refractivity contribution in [1.82, 2.24) is 4.31 Å². The largest absolute Gasteiger partial charge is 0.462 e. The summed E-state index contributed by atoms with van der Waals surface area (Å²) < 4.78 is 50.8. The lowest BCUT2D eigenvalue weighted by atomic mass is 10.1. The number of nitrogen functional groups attached to an aromatic ring is 1. The normalized spacial score (nSPS) is 11.2. The number of carbonyl (C=O) groups excluding carboxylic acids is 2. The molecule has 2 rings (SSSR count). The number of sulfonamides is 1. The molecule has 1 aromatic heterocycles. The summed E-state index contributed by atoms with van der Waals surface area (Å²) in [6.45, 7) is 4.68. The number of nitrogens with zero attached hydrogens (tertiary/aromatic N) is 2. The Hall–Kier alpha value is -3.01. The number of carbonyl (C=O) groups is 2. The minimum absolute atomic E-state index is 0.0187. The smallest absolute Gasteiger partial charge is 0.348 e. The van der Waals surface area contributed by atoms with Crippen LogP contribution in [0.3, 0.4) is 0 Å². The van der Waals surface area contributed by atoms with Crippen LogP contribution in [0.4, 0.5) is 9.39 Å². The SMILES string of the molecule is CCOC(=O)c1sc(N)c(C#N)c1COC(=O)c1ccc(F)c(S(=O)(=O)N(CC)CC)c1. The quantitative estimate of drug-likeness (QED) is 0.537. The van der Waals surface area contributed by atoms with Gasteiger partial charge in [0.1, 0.15) is 33.3 Å². The van der Waals surface area contributed by atoms with Crippen LogP contribution in [0.5, 0.6) is 0 Å². The molecule has 0 fully saturated rings. The molecular formula is C20H22FN3O6S2. The molecule has 0 unspecified atom stereocenters. The molecule has 1 heterocycles. The number of anilines is 1. The molecule has 0 saturated carbocycles. The summed E-state index contributed by atoms with van der Waals surface area (Å²) in [6, 6.07) is 4.70. The van der Waals surface area contributed by atoms with E-state index >= 15 is 0 Å².